The Morgan fingerprint density at radius 1 is 1.00 bits per heavy atom. The van der Waals surface area contributed by atoms with Gasteiger partial charge in [0.25, 0.3) is 0 Å². The average molecular weight is 498 g/mol. The highest BCUT2D eigenvalue weighted by molar-refractivity contribution is 5.87. The van der Waals surface area contributed by atoms with E-state index < -0.39 is 6.10 Å². The van der Waals surface area contributed by atoms with Gasteiger partial charge in [-0.2, -0.15) is 15.5 Å². The summed E-state index contributed by atoms with van der Waals surface area (Å²) in [5, 5.41) is 28.1. The van der Waals surface area contributed by atoms with E-state index in [1.54, 1.807) is 26.5 Å². The Kier molecular flexibility index (Phi) is 5.73. The van der Waals surface area contributed by atoms with Gasteiger partial charge in [-0.3, -0.25) is 4.68 Å². The predicted molar refractivity (Wildman–Crippen MR) is 137 cm³/mol. The first-order chi connectivity index (χ1) is 18.0. The molecular weight excluding hydrogens is 470 g/mol. The van der Waals surface area contributed by atoms with Crippen LogP contribution in [0.3, 0.4) is 0 Å². The normalized spacial score (nSPS) is 18.0. The number of rotatable bonds is 3. The molecule has 0 bridgehead atoms. The molecule has 11 heteroatoms. The minimum atomic E-state index is -0.411. The lowest BCUT2D eigenvalue weighted by atomic mass is 10.0. The third-order valence-corrected chi connectivity index (χ3v) is 7.14. The molecule has 1 N–H and O–H groups in total. The van der Waals surface area contributed by atoms with Crippen LogP contribution in [0.25, 0.3) is 27.8 Å². The van der Waals surface area contributed by atoms with Crippen molar-refractivity contribution in [1.29, 1.82) is 5.26 Å². The van der Waals surface area contributed by atoms with E-state index in [0.717, 1.165) is 33.6 Å². The lowest BCUT2D eigenvalue weighted by Crippen LogP contribution is -2.52. The minimum absolute atomic E-state index is 0.00567. The van der Waals surface area contributed by atoms with Gasteiger partial charge in [-0.05, 0) is 24.6 Å². The van der Waals surface area contributed by atoms with E-state index in [-0.39, 0.29) is 6.03 Å². The average Bonchev–Trinajstić information content (AvgIpc) is 3.67. The Bertz CT molecular complexity index is 1490. The quantitative estimate of drug-likeness (QED) is 0.460. The molecular formula is C26H27N9O2. The molecule has 37 heavy (non-hydrogen) atoms. The van der Waals surface area contributed by atoms with Gasteiger partial charge >= 0.3 is 6.03 Å². The number of nitriles is 1. The Morgan fingerprint density at radius 2 is 1.84 bits per heavy atom. The number of carbonyl (C=O) groups is 1. The number of piperazine rings is 1. The second-order valence-corrected chi connectivity index (χ2v) is 9.56. The number of urea groups is 1. The smallest absolute Gasteiger partial charge is 0.320 e. The fourth-order valence-electron chi connectivity index (χ4n) is 5.13. The molecule has 2 amide bonds. The van der Waals surface area contributed by atoms with Crippen LogP contribution in [0.1, 0.15) is 12.0 Å². The molecule has 4 aromatic rings. The zero-order valence-electron chi connectivity index (χ0n) is 20.5. The van der Waals surface area contributed by atoms with Gasteiger partial charge in [-0.25, -0.2) is 14.3 Å². The van der Waals surface area contributed by atoms with E-state index in [9.17, 15) is 15.2 Å². The number of pyridine rings is 2. The molecule has 0 radical (unpaired) electrons. The molecule has 188 valence electrons. The summed E-state index contributed by atoms with van der Waals surface area (Å²) in [7, 11) is 1.87. The van der Waals surface area contributed by atoms with Crippen molar-refractivity contribution in [2.24, 2.45) is 7.05 Å². The number of aromatic nitrogens is 5. The van der Waals surface area contributed by atoms with Crippen LogP contribution in [0.4, 0.5) is 10.6 Å². The van der Waals surface area contributed by atoms with Gasteiger partial charge in [0.1, 0.15) is 11.9 Å². The second kappa shape index (κ2) is 9.22. The van der Waals surface area contributed by atoms with E-state index in [0.29, 0.717) is 51.3 Å². The fraction of sp³-hybridized carbons (Fsp3) is 0.346. The van der Waals surface area contributed by atoms with Crippen LogP contribution in [-0.4, -0.2) is 90.7 Å². The number of likely N-dealkylation sites (tertiary alicyclic amines) is 1. The summed E-state index contributed by atoms with van der Waals surface area (Å²) in [5.41, 5.74) is 4.90. The summed E-state index contributed by atoms with van der Waals surface area (Å²) >= 11 is 0. The third-order valence-electron chi connectivity index (χ3n) is 7.14. The van der Waals surface area contributed by atoms with E-state index >= 15 is 0 Å². The van der Waals surface area contributed by atoms with Crippen LogP contribution >= 0.6 is 0 Å². The highest BCUT2D eigenvalue weighted by atomic mass is 16.3. The van der Waals surface area contributed by atoms with Gasteiger partial charge in [0, 0.05) is 87.2 Å². The SMILES string of the molecule is Cn1cc(-c2cc(-c3ccc(N4CCN(C(=O)N5CCC(O)C5)CC4)nc3)c3c(C#N)cnn3c2)cn1. The van der Waals surface area contributed by atoms with Crippen LogP contribution in [0.2, 0.25) is 0 Å². The number of amides is 2. The summed E-state index contributed by atoms with van der Waals surface area (Å²) in [6.45, 7) is 3.64. The number of nitrogens with zero attached hydrogens (tertiary/aromatic N) is 9. The zero-order chi connectivity index (χ0) is 25.5. The summed E-state index contributed by atoms with van der Waals surface area (Å²) < 4.78 is 3.49. The monoisotopic (exact) mass is 497 g/mol. The maximum absolute atomic E-state index is 12.7. The molecule has 2 aliphatic rings. The van der Waals surface area contributed by atoms with E-state index in [1.807, 2.05) is 48.7 Å². The number of β-amino-alcohol motifs (C(OH)–C–C–N with tert-alkyl or cyclic N) is 1. The van der Waals surface area contributed by atoms with Crippen LogP contribution in [0.15, 0.2) is 49.2 Å². The number of hydrogen-bond acceptors (Lipinski definition) is 7. The van der Waals surface area contributed by atoms with Crippen molar-refractivity contribution in [2.45, 2.75) is 12.5 Å². The van der Waals surface area contributed by atoms with Crippen molar-refractivity contribution in [3.63, 3.8) is 0 Å². The van der Waals surface area contributed by atoms with Crippen molar-refractivity contribution < 1.29 is 9.90 Å². The van der Waals surface area contributed by atoms with Crippen molar-refractivity contribution in [1.82, 2.24) is 34.2 Å². The zero-order valence-corrected chi connectivity index (χ0v) is 20.5. The number of fused-ring (bicyclic) bond motifs is 1. The van der Waals surface area contributed by atoms with Gasteiger partial charge in [-0.1, -0.05) is 0 Å². The van der Waals surface area contributed by atoms with Crippen molar-refractivity contribution >= 4 is 17.4 Å². The van der Waals surface area contributed by atoms with Gasteiger partial charge in [-0.15, -0.1) is 0 Å². The summed E-state index contributed by atoms with van der Waals surface area (Å²) in [5.74, 6) is 0.848. The second-order valence-electron chi connectivity index (χ2n) is 9.56. The summed E-state index contributed by atoms with van der Waals surface area (Å²) in [6, 6.07) is 8.30. The predicted octanol–water partition coefficient (Wildman–Crippen LogP) is 1.98. The van der Waals surface area contributed by atoms with Crippen LogP contribution in [0.5, 0.6) is 0 Å². The Labute approximate surface area is 213 Å². The van der Waals surface area contributed by atoms with Crippen molar-refractivity contribution in [3.05, 3.63) is 54.7 Å². The molecule has 1 unspecified atom stereocenters. The van der Waals surface area contributed by atoms with E-state index in [4.69, 9.17) is 4.98 Å². The molecule has 6 heterocycles. The first-order valence-electron chi connectivity index (χ1n) is 12.3. The van der Waals surface area contributed by atoms with Crippen LogP contribution in [-0.2, 0) is 7.05 Å². The number of aryl methyl sites for hydroxylation is 1. The molecule has 4 aromatic heterocycles. The largest absolute Gasteiger partial charge is 0.391 e. The van der Waals surface area contributed by atoms with Crippen LogP contribution < -0.4 is 4.90 Å². The lowest BCUT2D eigenvalue weighted by molar-refractivity contribution is 0.144. The third kappa shape index (κ3) is 4.25. The molecule has 11 nitrogen and oxygen atoms in total. The Hall–Kier alpha value is -4.43. The molecule has 1 atom stereocenters. The first-order valence-corrected chi connectivity index (χ1v) is 12.3. The summed E-state index contributed by atoms with van der Waals surface area (Å²) in [6.07, 6.45) is 9.29. The van der Waals surface area contributed by atoms with Crippen LogP contribution in [0, 0.1) is 11.3 Å². The van der Waals surface area contributed by atoms with Gasteiger partial charge in [0.15, 0.2) is 0 Å². The minimum Gasteiger partial charge on any atom is -0.391 e. The number of anilines is 1. The standard InChI is InChI=1S/C26H27N9O2/c1-31-15-21(14-29-31)19-10-23(25-20(11-27)13-30-35(25)16-19)18-2-3-24(28-12-18)32-6-8-33(9-7-32)26(37)34-5-4-22(36)17-34/h2-3,10,12-16,22,36H,4-9,17H2,1H3. The first kappa shape index (κ1) is 23.0. The maximum atomic E-state index is 12.7. The maximum Gasteiger partial charge on any atom is 0.320 e. The molecule has 2 fully saturated rings. The highest BCUT2D eigenvalue weighted by Gasteiger charge is 2.30. The number of carbonyl (C=O) groups excluding carboxylic acids is 1. The molecule has 6 rings (SSSR count). The highest BCUT2D eigenvalue weighted by Crippen LogP contribution is 2.32. The number of hydrogen-bond donors (Lipinski definition) is 1. The lowest BCUT2D eigenvalue weighted by Gasteiger charge is -2.37. The molecule has 0 saturated carbocycles. The molecule has 2 aliphatic heterocycles. The topological polar surface area (TPSA) is 119 Å². The Balaban J connectivity index is 1.23. The molecule has 0 spiro atoms. The van der Waals surface area contributed by atoms with E-state index in [1.165, 1.54) is 0 Å². The number of aliphatic hydroxyl groups excluding tert-OH is 1. The van der Waals surface area contributed by atoms with Gasteiger partial charge in [0.2, 0.25) is 0 Å². The van der Waals surface area contributed by atoms with Crippen molar-refractivity contribution in [2.75, 3.05) is 44.2 Å². The molecule has 0 aromatic carbocycles. The molecule has 0 aliphatic carbocycles. The van der Waals surface area contributed by atoms with Gasteiger partial charge < -0.3 is 19.8 Å². The fourth-order valence-corrected chi connectivity index (χ4v) is 5.13. The summed E-state index contributed by atoms with van der Waals surface area (Å²) in [4.78, 5) is 23.2. The number of aliphatic hydroxyl groups is 1. The van der Waals surface area contributed by atoms with Crippen molar-refractivity contribution in [3.8, 4) is 28.3 Å². The van der Waals surface area contributed by atoms with Gasteiger partial charge in [0.05, 0.1) is 29.6 Å². The Morgan fingerprint density at radius 3 is 2.49 bits per heavy atom. The molecule has 2 saturated heterocycles. The van der Waals surface area contributed by atoms with E-state index in [2.05, 4.69) is 21.2 Å².